The van der Waals surface area contributed by atoms with Crippen LogP contribution in [0.1, 0.15) is 136 Å². The first-order valence-electron chi connectivity index (χ1n) is 47.1. The van der Waals surface area contributed by atoms with E-state index in [2.05, 4.69) is 155 Å². The number of likely N-dealkylation sites (tertiary alicyclic amines) is 2. The number of pyridine rings is 2. The smallest absolute Gasteiger partial charge is 0.224 e. The van der Waals surface area contributed by atoms with Crippen molar-refractivity contribution in [3.05, 3.63) is 297 Å². The second-order valence-corrected chi connectivity index (χ2v) is 37.3. The molecule has 0 radical (unpaired) electrons. The summed E-state index contributed by atoms with van der Waals surface area (Å²) in [4.78, 5) is 71.4. The lowest BCUT2D eigenvalue weighted by Gasteiger charge is -2.47. The highest BCUT2D eigenvalue weighted by Gasteiger charge is 2.48. The fraction of sp³-hybridized carbons (Fsp3) is 0.248. The molecule has 676 valence electrons. The van der Waals surface area contributed by atoms with Crippen molar-refractivity contribution < 1.29 is 14.9 Å². The molecule has 27 nitrogen and oxygen atoms in total. The quantitative estimate of drug-likeness (QED) is 0.0493. The van der Waals surface area contributed by atoms with E-state index < -0.39 is 11.2 Å². The molecule has 14 heterocycles. The summed E-state index contributed by atoms with van der Waals surface area (Å²) in [7, 11) is 1.63. The molecule has 8 aromatic carbocycles. The van der Waals surface area contributed by atoms with Crippen LogP contribution >= 0.6 is 0 Å². The molecule has 27 heteroatoms. The van der Waals surface area contributed by atoms with Crippen molar-refractivity contribution in [2.75, 3.05) is 69.3 Å². The van der Waals surface area contributed by atoms with Crippen LogP contribution < -0.4 is 27.7 Å². The van der Waals surface area contributed by atoms with Gasteiger partial charge in [-0.05, 0) is 146 Å². The van der Waals surface area contributed by atoms with Crippen molar-refractivity contribution in [2.45, 2.75) is 125 Å². The Morgan fingerprint density at radius 3 is 1.02 bits per heavy atom. The SMILES string of the molecule is COc1nc(-c2ccccc2)nc2cc(-c3nc(C4CCC4)n4ccnc(N)c34)ccc12.Cc1nc(-c2ccccc2)nc2cc(-c3nc(C4CCC4)n4ccnc(N)c34)ccc12.Nc1nccn2c(C3CC(O)(CN4CCC4)C3)nc(-c3ccc4ccc(-c5ccccc5)nc4c3)c12.Nc1nccn2c(C3CC(O)(CN4CCCC4)C3)nc(-c3ccc4ccc(-c5ccccc5)nc4c3)c12. The van der Waals surface area contributed by atoms with Gasteiger partial charge in [-0.1, -0.05) is 189 Å². The molecule has 6 aliphatic rings. The van der Waals surface area contributed by atoms with Crippen LogP contribution in [0.15, 0.2) is 268 Å². The van der Waals surface area contributed by atoms with Crippen LogP contribution in [0.2, 0.25) is 0 Å². The van der Waals surface area contributed by atoms with Crippen molar-refractivity contribution in [3.63, 3.8) is 0 Å². The van der Waals surface area contributed by atoms with E-state index in [1.807, 2.05) is 147 Å². The number of aliphatic hydroxyl groups is 2. The highest BCUT2D eigenvalue weighted by atomic mass is 16.5. The maximum atomic E-state index is 11.2. The summed E-state index contributed by atoms with van der Waals surface area (Å²) in [5.74, 6) is 9.11. The van der Waals surface area contributed by atoms with Gasteiger partial charge in [-0.3, -0.25) is 17.6 Å². The third-order valence-electron chi connectivity index (χ3n) is 28.2. The van der Waals surface area contributed by atoms with Gasteiger partial charge < -0.3 is 47.7 Å². The van der Waals surface area contributed by atoms with Crippen molar-refractivity contribution >= 4 is 88.9 Å². The molecule has 2 saturated heterocycles. The van der Waals surface area contributed by atoms with Gasteiger partial charge in [0.15, 0.2) is 11.6 Å². The van der Waals surface area contributed by atoms with Crippen molar-refractivity contribution in [3.8, 4) is 96.2 Å². The molecule has 136 heavy (non-hydrogen) atoms. The average molecular weight is 1800 g/mol. The third-order valence-corrected chi connectivity index (χ3v) is 28.2. The minimum Gasteiger partial charge on any atom is -0.480 e. The maximum absolute atomic E-state index is 11.2. The lowest BCUT2D eigenvalue weighted by molar-refractivity contribution is -0.0835. The predicted octanol–water partition coefficient (Wildman–Crippen LogP) is 19.4. The number of nitrogens with two attached hydrogens (primary N) is 4. The summed E-state index contributed by atoms with van der Waals surface area (Å²) in [5, 5.41) is 26.2. The van der Waals surface area contributed by atoms with Gasteiger partial charge in [0.1, 0.15) is 91.4 Å². The second kappa shape index (κ2) is 35.2. The molecule has 4 saturated carbocycles. The van der Waals surface area contributed by atoms with Crippen LogP contribution in [-0.4, -0.2) is 165 Å². The molecular weight excluding hydrogens is 1690 g/mol. The molecule has 10 N–H and O–H groups in total. The van der Waals surface area contributed by atoms with E-state index in [0.717, 1.165) is 231 Å². The van der Waals surface area contributed by atoms with Crippen LogP contribution in [0.4, 0.5) is 23.3 Å². The number of aryl methyl sites for hydroxylation is 1. The summed E-state index contributed by atoms with van der Waals surface area (Å²) >= 11 is 0. The van der Waals surface area contributed by atoms with Crippen LogP contribution in [0.3, 0.4) is 0 Å². The van der Waals surface area contributed by atoms with Crippen LogP contribution in [0.25, 0.3) is 156 Å². The first-order chi connectivity index (χ1) is 66.5. The first-order valence-corrected chi connectivity index (χ1v) is 47.1. The topological polar surface area (TPSA) is 358 Å². The molecular formula is C109H102N24O3. The largest absolute Gasteiger partial charge is 0.480 e. The monoisotopic (exact) mass is 1790 g/mol. The van der Waals surface area contributed by atoms with Gasteiger partial charge in [0.2, 0.25) is 5.88 Å². The standard InChI is InChI=1S/C30H30N6O.C29H28N6O.C25H22N6O.C25H22N6/c31-28-27-26(22-9-8-21-10-11-24(33-25(21)16-22)20-6-2-1-3-7-20)34-29(36(27)15-12-32-28)23-17-30(37,18-23)19-35-13-4-5-14-35;30-27-26-25(21-8-7-20-9-10-23(32-24(20)15-21)19-5-2-1-3-6-19)33-28(35(26)14-11-31-27)22-16-29(36,17-22)18-34-12-4-13-34;1-32-25-18-11-10-17(14-19(18)28-23(30-25)15-6-3-2-4-7-15)20-21-22(26)27-12-13-31(21)24(29-20)16-8-5-9-16;1-15-19-11-10-18(14-20(19)29-24(28-15)16-6-3-2-4-7-16)21-22-23(26)27-12-13-31(22)25(30-21)17-8-5-9-17/h1-3,6-12,15-16,23,37H,4-5,13-14,17-19H2,(H2,31,32);1-3,5-11,14-15,22,36H,4,12-13,16-18H2,(H2,30,31);2-4,6-7,10-14,16H,5,8-9H2,1H3,(H2,26,27);2-4,6-7,10-14,17H,5,8-9H2,1H3,(H2,26,27). The summed E-state index contributed by atoms with van der Waals surface area (Å²) in [6.45, 7) is 7.90. The van der Waals surface area contributed by atoms with E-state index in [0.29, 0.717) is 72.5 Å². The molecule has 0 spiro atoms. The fourth-order valence-corrected chi connectivity index (χ4v) is 20.6. The molecule has 0 amide bonds. The van der Waals surface area contributed by atoms with E-state index in [9.17, 15) is 10.2 Å². The molecule has 0 atom stereocenters. The van der Waals surface area contributed by atoms with Crippen molar-refractivity contribution in [1.29, 1.82) is 0 Å². The number of anilines is 4. The lowest BCUT2D eigenvalue weighted by atomic mass is 9.70. The number of hydrogen-bond acceptors (Lipinski definition) is 23. The number of imidazole rings is 4. The fourth-order valence-electron chi connectivity index (χ4n) is 20.6. The maximum Gasteiger partial charge on any atom is 0.224 e. The summed E-state index contributed by atoms with van der Waals surface area (Å²) in [6.07, 6.45) is 28.4. The Bertz CT molecular complexity index is 7940. The van der Waals surface area contributed by atoms with Crippen molar-refractivity contribution in [1.82, 2.24) is 97.2 Å². The van der Waals surface area contributed by atoms with E-state index >= 15 is 0 Å². The van der Waals surface area contributed by atoms with Gasteiger partial charge in [-0.2, -0.15) is 4.98 Å². The zero-order chi connectivity index (χ0) is 91.9. The Morgan fingerprint density at radius 2 is 0.662 bits per heavy atom. The first kappa shape index (κ1) is 84.8. The zero-order valence-electron chi connectivity index (χ0n) is 75.7. The Kier molecular flexibility index (Phi) is 21.9. The number of benzene rings is 8. The number of fused-ring (bicyclic) bond motifs is 8. The number of β-amino-alcohol motifs (C(OH)–C–C–N with tert-alkyl or cyclic N) is 2. The summed E-state index contributed by atoms with van der Waals surface area (Å²) in [5.41, 5.74) is 45.1. The molecule has 26 rings (SSSR count). The van der Waals surface area contributed by atoms with Gasteiger partial charge >= 0.3 is 0 Å². The summed E-state index contributed by atoms with van der Waals surface area (Å²) < 4.78 is 13.9. The number of aromatic nitrogens is 18. The number of ether oxygens (including phenoxy) is 1. The van der Waals surface area contributed by atoms with Gasteiger partial charge in [0.05, 0.1) is 57.2 Å². The Labute approximate surface area is 784 Å². The van der Waals surface area contributed by atoms with Gasteiger partial charge in [-0.15, -0.1) is 0 Å². The Balaban J connectivity index is 0.000000102. The normalized spacial score (nSPS) is 18.4. The van der Waals surface area contributed by atoms with Crippen molar-refractivity contribution in [2.24, 2.45) is 0 Å². The predicted molar refractivity (Wildman–Crippen MR) is 535 cm³/mol. The number of hydrogen-bond donors (Lipinski definition) is 6. The minimum atomic E-state index is -0.639. The molecule has 6 fully saturated rings. The van der Waals surface area contributed by atoms with Gasteiger partial charge in [0, 0.05) is 153 Å². The number of nitrogen functional groups attached to an aromatic ring is 4. The molecule has 2 aliphatic heterocycles. The highest BCUT2D eigenvalue weighted by Crippen LogP contribution is 2.50. The Morgan fingerprint density at radius 1 is 0.331 bits per heavy atom. The highest BCUT2D eigenvalue weighted by molar-refractivity contribution is 5.97. The third kappa shape index (κ3) is 16.1. The number of methoxy groups -OCH3 is 1. The lowest BCUT2D eigenvalue weighted by Crippen LogP contribution is -2.54. The molecule has 20 aromatic rings. The van der Waals surface area contributed by atoms with E-state index in [-0.39, 0.29) is 11.8 Å². The van der Waals surface area contributed by atoms with Gasteiger partial charge in [0.25, 0.3) is 0 Å². The average Bonchev–Trinajstić information content (AvgIpc) is 1.59. The van der Waals surface area contributed by atoms with Crippen LogP contribution in [0, 0.1) is 6.92 Å². The molecule has 0 bridgehead atoms. The van der Waals surface area contributed by atoms with Crippen LogP contribution in [-0.2, 0) is 0 Å². The Hall–Kier alpha value is -15.4. The second-order valence-electron chi connectivity index (χ2n) is 37.3. The molecule has 4 aliphatic carbocycles. The van der Waals surface area contributed by atoms with Gasteiger partial charge in [-0.25, -0.2) is 64.8 Å². The number of nitrogens with zero attached hydrogens (tertiary/aromatic N) is 20. The number of rotatable bonds is 17. The van der Waals surface area contributed by atoms with E-state index in [1.54, 1.807) is 31.9 Å². The summed E-state index contributed by atoms with van der Waals surface area (Å²) in [6, 6.07) is 73.5. The van der Waals surface area contributed by atoms with E-state index in [4.69, 9.17) is 72.5 Å². The minimum absolute atomic E-state index is 0.180. The van der Waals surface area contributed by atoms with E-state index in [1.165, 1.54) is 44.9 Å². The molecule has 0 unspecified atom stereocenters. The van der Waals surface area contributed by atoms with Crippen LogP contribution in [0.5, 0.6) is 5.88 Å². The molecule has 12 aromatic heterocycles. The zero-order valence-corrected chi connectivity index (χ0v) is 75.7.